The number of amides is 3. The molecule has 2 N–H and O–H groups in total. The van der Waals surface area contributed by atoms with Gasteiger partial charge < -0.3 is 15.5 Å². The largest absolute Gasteiger partial charge is 0.334 e. The molecule has 0 fully saturated rings. The number of para-hydroxylation sites is 1. The van der Waals surface area contributed by atoms with E-state index in [-0.39, 0.29) is 24.4 Å². The zero-order chi connectivity index (χ0) is 25.3. The molecule has 0 aliphatic rings. The molecule has 0 atom stereocenters. The van der Waals surface area contributed by atoms with Gasteiger partial charge in [0.15, 0.2) is 0 Å². The quantitative estimate of drug-likeness (QED) is 0.338. The minimum Gasteiger partial charge on any atom is -0.334 e. The minimum absolute atomic E-state index is 0.0700. The highest BCUT2D eigenvalue weighted by Gasteiger charge is 2.20. The molecular weight excluding hydrogens is 450 g/mol. The normalized spacial score (nSPS) is 10.8. The van der Waals surface area contributed by atoms with Crippen LogP contribution in [-0.2, 0) is 11.3 Å². The number of benzene rings is 3. The second-order valence-corrected chi connectivity index (χ2v) is 9.00. The first kappa shape index (κ1) is 24.7. The molecule has 1 heterocycles. The Morgan fingerprint density at radius 2 is 1.50 bits per heavy atom. The number of aromatic nitrogens is 2. The van der Waals surface area contributed by atoms with Crippen molar-refractivity contribution in [3.8, 4) is 16.9 Å². The van der Waals surface area contributed by atoms with E-state index in [1.807, 2.05) is 111 Å². The zero-order valence-corrected chi connectivity index (χ0v) is 20.6. The predicted octanol–water partition coefficient (Wildman–Crippen LogP) is 5.35. The molecule has 0 spiro atoms. The van der Waals surface area contributed by atoms with Crippen molar-refractivity contribution >= 4 is 17.8 Å². The Morgan fingerprint density at radius 1 is 0.889 bits per heavy atom. The van der Waals surface area contributed by atoms with Crippen LogP contribution >= 0.6 is 0 Å². The molecule has 4 aromatic rings. The number of carbonyl (C=O) groups excluding carboxylic acids is 2. The topological polar surface area (TPSA) is 79.3 Å². The second-order valence-electron chi connectivity index (χ2n) is 9.00. The van der Waals surface area contributed by atoms with Gasteiger partial charge in [-0.3, -0.25) is 4.79 Å². The van der Waals surface area contributed by atoms with Gasteiger partial charge in [-0.05, 0) is 23.6 Å². The van der Waals surface area contributed by atoms with E-state index in [9.17, 15) is 9.59 Å². The molecule has 0 saturated heterocycles. The third-order valence-corrected chi connectivity index (χ3v) is 5.54. The molecule has 184 valence electrons. The number of carbonyl (C=O) groups is 2. The molecule has 0 aliphatic heterocycles. The summed E-state index contributed by atoms with van der Waals surface area (Å²) in [6.45, 7) is 4.83. The third kappa shape index (κ3) is 6.60. The first-order valence-corrected chi connectivity index (χ1v) is 12.1. The zero-order valence-electron chi connectivity index (χ0n) is 20.6. The van der Waals surface area contributed by atoms with E-state index in [1.54, 1.807) is 9.58 Å². The van der Waals surface area contributed by atoms with Gasteiger partial charge in [-0.1, -0.05) is 92.7 Å². The van der Waals surface area contributed by atoms with Gasteiger partial charge in [-0.2, -0.15) is 5.10 Å². The fraction of sp³-hybridized carbons (Fsp3) is 0.207. The lowest BCUT2D eigenvalue weighted by molar-refractivity contribution is -0.116. The first-order valence-electron chi connectivity index (χ1n) is 12.1. The number of hydrogen-bond donors (Lipinski definition) is 2. The lowest BCUT2D eigenvalue weighted by Crippen LogP contribution is -2.45. The first-order chi connectivity index (χ1) is 17.5. The molecule has 7 nitrogen and oxygen atoms in total. The molecule has 36 heavy (non-hydrogen) atoms. The number of anilines is 1. The van der Waals surface area contributed by atoms with E-state index in [2.05, 4.69) is 10.6 Å². The molecular formula is C29H31N5O2. The summed E-state index contributed by atoms with van der Waals surface area (Å²) in [4.78, 5) is 27.6. The summed E-state index contributed by atoms with van der Waals surface area (Å²) in [7, 11) is 0. The van der Waals surface area contributed by atoms with Crippen LogP contribution in [0.5, 0.6) is 0 Å². The van der Waals surface area contributed by atoms with Gasteiger partial charge in [0.1, 0.15) is 12.4 Å². The monoisotopic (exact) mass is 481 g/mol. The molecule has 0 radical (unpaired) electrons. The second kappa shape index (κ2) is 11.8. The Bertz CT molecular complexity index is 1270. The van der Waals surface area contributed by atoms with Crippen molar-refractivity contribution in [3.05, 3.63) is 103 Å². The van der Waals surface area contributed by atoms with Crippen LogP contribution in [0.4, 0.5) is 10.6 Å². The molecule has 4 rings (SSSR count). The Morgan fingerprint density at radius 3 is 2.14 bits per heavy atom. The van der Waals surface area contributed by atoms with Gasteiger partial charge >= 0.3 is 6.03 Å². The van der Waals surface area contributed by atoms with Crippen LogP contribution in [0.25, 0.3) is 16.9 Å². The van der Waals surface area contributed by atoms with Gasteiger partial charge in [-0.15, -0.1) is 0 Å². The lowest BCUT2D eigenvalue weighted by Gasteiger charge is -2.24. The van der Waals surface area contributed by atoms with E-state index < -0.39 is 0 Å². The van der Waals surface area contributed by atoms with Crippen LogP contribution < -0.4 is 10.6 Å². The highest BCUT2D eigenvalue weighted by molar-refractivity contribution is 5.94. The standard InChI is InChI=1S/C29H31N5O2/c1-22(2)20-33(29(36)30-19-23-12-6-3-7-13-23)21-28(35)31-27-18-26(24-14-8-4-9-15-24)32-34(27)25-16-10-5-11-17-25/h3-18,22H,19-21H2,1-2H3,(H,30,36)(H,31,35). The molecule has 0 bridgehead atoms. The van der Waals surface area contributed by atoms with Crippen LogP contribution in [0.2, 0.25) is 0 Å². The summed E-state index contributed by atoms with van der Waals surface area (Å²) < 4.78 is 1.71. The van der Waals surface area contributed by atoms with Crippen molar-refractivity contribution < 1.29 is 9.59 Å². The Hall–Kier alpha value is -4.39. The number of urea groups is 1. The molecule has 0 unspecified atom stereocenters. The molecule has 3 aromatic carbocycles. The van der Waals surface area contributed by atoms with Gasteiger partial charge in [0.05, 0.1) is 11.4 Å². The summed E-state index contributed by atoms with van der Waals surface area (Å²) in [5.41, 5.74) is 3.52. The van der Waals surface area contributed by atoms with Gasteiger partial charge in [0.25, 0.3) is 0 Å². The number of rotatable bonds is 9. The van der Waals surface area contributed by atoms with Gasteiger partial charge in [0.2, 0.25) is 5.91 Å². The van der Waals surface area contributed by atoms with Crippen molar-refractivity contribution in [3.63, 3.8) is 0 Å². The van der Waals surface area contributed by atoms with Gasteiger partial charge in [-0.25, -0.2) is 9.48 Å². The van der Waals surface area contributed by atoms with Crippen LogP contribution in [-0.4, -0.2) is 39.7 Å². The third-order valence-electron chi connectivity index (χ3n) is 5.54. The van der Waals surface area contributed by atoms with Crippen LogP contribution in [0.15, 0.2) is 97.1 Å². The predicted molar refractivity (Wildman–Crippen MR) is 143 cm³/mol. The molecule has 0 aliphatic carbocycles. The van der Waals surface area contributed by atoms with Crippen LogP contribution in [0.3, 0.4) is 0 Å². The van der Waals surface area contributed by atoms with Crippen molar-refractivity contribution in [2.45, 2.75) is 20.4 Å². The smallest absolute Gasteiger partial charge is 0.318 e. The maximum Gasteiger partial charge on any atom is 0.318 e. The maximum atomic E-state index is 13.1. The SMILES string of the molecule is CC(C)CN(CC(=O)Nc1cc(-c2ccccc2)nn1-c1ccccc1)C(=O)NCc1ccccc1. The maximum absolute atomic E-state index is 13.1. The fourth-order valence-electron chi connectivity index (χ4n) is 3.89. The minimum atomic E-state index is -0.290. The average Bonchev–Trinajstić information content (AvgIpc) is 3.32. The lowest BCUT2D eigenvalue weighted by atomic mass is 10.1. The number of nitrogens with one attached hydrogen (secondary N) is 2. The summed E-state index contributed by atoms with van der Waals surface area (Å²) in [5, 5.41) is 10.6. The Balaban J connectivity index is 1.51. The highest BCUT2D eigenvalue weighted by atomic mass is 16.2. The summed E-state index contributed by atoms with van der Waals surface area (Å²) in [6, 6.07) is 30.7. The number of nitrogens with zero attached hydrogens (tertiary/aromatic N) is 3. The molecule has 7 heteroatoms. The summed E-state index contributed by atoms with van der Waals surface area (Å²) in [5.74, 6) is 0.459. The molecule has 0 saturated carbocycles. The Labute approximate surface area is 211 Å². The summed E-state index contributed by atoms with van der Waals surface area (Å²) in [6.07, 6.45) is 0. The van der Waals surface area contributed by atoms with Crippen molar-refractivity contribution in [1.82, 2.24) is 20.0 Å². The highest BCUT2D eigenvalue weighted by Crippen LogP contribution is 2.24. The van der Waals surface area contributed by atoms with Crippen molar-refractivity contribution in [1.29, 1.82) is 0 Å². The average molecular weight is 482 g/mol. The van der Waals surface area contributed by atoms with E-state index in [0.29, 0.717) is 18.9 Å². The van der Waals surface area contributed by atoms with Gasteiger partial charge in [0, 0.05) is 24.7 Å². The molecule has 1 aromatic heterocycles. The van der Waals surface area contributed by atoms with Crippen molar-refractivity contribution in [2.24, 2.45) is 5.92 Å². The van der Waals surface area contributed by atoms with E-state index in [4.69, 9.17) is 5.10 Å². The fourth-order valence-corrected chi connectivity index (χ4v) is 3.89. The number of hydrogen-bond acceptors (Lipinski definition) is 3. The van der Waals surface area contributed by atoms with Crippen LogP contribution in [0, 0.1) is 5.92 Å². The molecule has 3 amide bonds. The Kier molecular flexibility index (Phi) is 8.13. The van der Waals surface area contributed by atoms with E-state index in [1.165, 1.54) is 0 Å². The van der Waals surface area contributed by atoms with Crippen LogP contribution in [0.1, 0.15) is 19.4 Å². The van der Waals surface area contributed by atoms with E-state index in [0.717, 1.165) is 22.5 Å². The summed E-state index contributed by atoms with van der Waals surface area (Å²) >= 11 is 0. The van der Waals surface area contributed by atoms with Crippen molar-refractivity contribution in [2.75, 3.05) is 18.4 Å². The van der Waals surface area contributed by atoms with E-state index >= 15 is 0 Å².